The van der Waals surface area contributed by atoms with Gasteiger partial charge < -0.3 is 20.5 Å². The van der Waals surface area contributed by atoms with Crippen LogP contribution < -0.4 is 15.8 Å². The third kappa shape index (κ3) is 5.43. The first-order valence-corrected chi connectivity index (χ1v) is 8.72. The monoisotopic (exact) mass is 390 g/mol. The number of para-hydroxylation sites is 3. The SMILES string of the molecule is NC(=O)c1ccc(C(=O)OCC(=O)Nc2ccccc2Oc2ccccc2)cc1. The van der Waals surface area contributed by atoms with E-state index in [0.717, 1.165) is 0 Å². The first-order chi connectivity index (χ1) is 14.0. The Kier molecular flexibility index (Phi) is 6.22. The molecule has 0 heterocycles. The molecule has 0 unspecified atom stereocenters. The van der Waals surface area contributed by atoms with Crippen molar-refractivity contribution < 1.29 is 23.9 Å². The predicted molar refractivity (Wildman–Crippen MR) is 107 cm³/mol. The molecule has 0 saturated heterocycles. The number of esters is 1. The number of carbonyl (C=O) groups is 3. The largest absolute Gasteiger partial charge is 0.455 e. The van der Waals surface area contributed by atoms with Gasteiger partial charge in [-0.2, -0.15) is 0 Å². The molecule has 7 nitrogen and oxygen atoms in total. The van der Waals surface area contributed by atoms with Gasteiger partial charge in [-0.05, 0) is 48.5 Å². The summed E-state index contributed by atoms with van der Waals surface area (Å²) in [5.74, 6) is -0.720. The van der Waals surface area contributed by atoms with Crippen LogP contribution in [0.1, 0.15) is 20.7 Å². The molecule has 0 fully saturated rings. The average molecular weight is 390 g/mol. The molecule has 7 heteroatoms. The minimum Gasteiger partial charge on any atom is -0.455 e. The topological polar surface area (TPSA) is 108 Å². The van der Waals surface area contributed by atoms with E-state index in [1.54, 1.807) is 36.4 Å². The fourth-order valence-corrected chi connectivity index (χ4v) is 2.45. The first kappa shape index (κ1) is 19.6. The Hall–Kier alpha value is -4.13. The number of nitrogens with one attached hydrogen (secondary N) is 1. The van der Waals surface area contributed by atoms with Gasteiger partial charge in [-0.1, -0.05) is 30.3 Å². The van der Waals surface area contributed by atoms with E-state index in [1.165, 1.54) is 24.3 Å². The van der Waals surface area contributed by atoms with Gasteiger partial charge in [0.05, 0.1) is 11.3 Å². The Bertz CT molecular complexity index is 1020. The van der Waals surface area contributed by atoms with Crippen LogP contribution in [0.5, 0.6) is 11.5 Å². The van der Waals surface area contributed by atoms with Crippen LogP contribution in [-0.2, 0) is 9.53 Å². The normalized spacial score (nSPS) is 10.1. The fourth-order valence-electron chi connectivity index (χ4n) is 2.45. The molecule has 2 amide bonds. The minimum absolute atomic E-state index is 0.204. The number of anilines is 1. The third-order valence-corrected chi connectivity index (χ3v) is 3.87. The molecule has 29 heavy (non-hydrogen) atoms. The zero-order valence-corrected chi connectivity index (χ0v) is 15.3. The third-order valence-electron chi connectivity index (χ3n) is 3.87. The predicted octanol–water partition coefficient (Wildman–Crippen LogP) is 3.37. The lowest BCUT2D eigenvalue weighted by Gasteiger charge is -2.12. The van der Waals surface area contributed by atoms with Gasteiger partial charge in [0.1, 0.15) is 5.75 Å². The van der Waals surface area contributed by atoms with Crippen molar-refractivity contribution in [1.82, 2.24) is 0 Å². The van der Waals surface area contributed by atoms with E-state index in [-0.39, 0.29) is 11.1 Å². The smallest absolute Gasteiger partial charge is 0.338 e. The lowest BCUT2D eigenvalue weighted by atomic mass is 10.1. The highest BCUT2D eigenvalue weighted by atomic mass is 16.5. The molecule has 0 aliphatic carbocycles. The summed E-state index contributed by atoms with van der Waals surface area (Å²) in [4.78, 5) is 35.3. The molecule has 0 spiro atoms. The highest BCUT2D eigenvalue weighted by Gasteiger charge is 2.13. The Morgan fingerprint density at radius 2 is 1.41 bits per heavy atom. The molecule has 0 aliphatic heterocycles. The average Bonchev–Trinajstić information content (AvgIpc) is 2.74. The fraction of sp³-hybridized carbons (Fsp3) is 0.0455. The molecular formula is C22H18N2O5. The molecule has 0 bridgehead atoms. The number of amides is 2. The Labute approximate surface area is 167 Å². The molecule has 0 atom stereocenters. The molecule has 0 saturated carbocycles. The standard InChI is InChI=1S/C22H18N2O5/c23-21(26)15-10-12-16(13-11-15)22(27)28-14-20(25)24-18-8-4-5-9-19(18)29-17-6-2-1-3-7-17/h1-13H,14H2,(H2,23,26)(H,24,25). The van der Waals surface area contributed by atoms with Crippen LogP contribution in [0.3, 0.4) is 0 Å². The molecule has 0 aliphatic rings. The van der Waals surface area contributed by atoms with Crippen molar-refractivity contribution in [3.63, 3.8) is 0 Å². The maximum absolute atomic E-state index is 12.2. The van der Waals surface area contributed by atoms with Gasteiger partial charge >= 0.3 is 5.97 Å². The van der Waals surface area contributed by atoms with E-state index < -0.39 is 24.4 Å². The lowest BCUT2D eigenvalue weighted by molar-refractivity contribution is -0.119. The van der Waals surface area contributed by atoms with Crippen LogP contribution >= 0.6 is 0 Å². The second-order valence-electron chi connectivity index (χ2n) is 5.98. The Morgan fingerprint density at radius 3 is 2.10 bits per heavy atom. The number of hydrogen-bond donors (Lipinski definition) is 2. The number of ether oxygens (including phenoxy) is 2. The number of benzene rings is 3. The minimum atomic E-state index is -0.690. The highest BCUT2D eigenvalue weighted by molar-refractivity contribution is 5.97. The summed E-state index contributed by atoms with van der Waals surface area (Å²) >= 11 is 0. The lowest BCUT2D eigenvalue weighted by Crippen LogP contribution is -2.21. The molecule has 3 N–H and O–H groups in total. The number of rotatable bonds is 7. The van der Waals surface area contributed by atoms with Crippen molar-refractivity contribution in [3.05, 3.63) is 90.0 Å². The number of carbonyl (C=O) groups excluding carboxylic acids is 3. The number of hydrogen-bond acceptors (Lipinski definition) is 5. The summed E-state index contributed by atoms with van der Waals surface area (Å²) in [5.41, 5.74) is 6.08. The maximum atomic E-state index is 12.2. The van der Waals surface area contributed by atoms with Crippen LogP contribution in [0.25, 0.3) is 0 Å². The molecular weight excluding hydrogens is 372 g/mol. The van der Waals surface area contributed by atoms with Crippen molar-refractivity contribution >= 4 is 23.5 Å². The molecule has 3 rings (SSSR count). The number of nitrogens with two attached hydrogens (primary N) is 1. The zero-order chi connectivity index (χ0) is 20.6. The zero-order valence-electron chi connectivity index (χ0n) is 15.3. The summed E-state index contributed by atoms with van der Waals surface area (Å²) < 4.78 is 10.8. The van der Waals surface area contributed by atoms with E-state index in [1.807, 2.05) is 18.2 Å². The van der Waals surface area contributed by atoms with Gasteiger partial charge in [-0.15, -0.1) is 0 Å². The van der Waals surface area contributed by atoms with Gasteiger partial charge in [0.2, 0.25) is 5.91 Å². The Balaban J connectivity index is 1.58. The molecule has 0 radical (unpaired) electrons. The second kappa shape index (κ2) is 9.18. The summed E-state index contributed by atoms with van der Waals surface area (Å²) in [7, 11) is 0. The molecule has 3 aromatic carbocycles. The van der Waals surface area contributed by atoms with Crippen molar-refractivity contribution in [1.29, 1.82) is 0 Å². The van der Waals surface area contributed by atoms with Gasteiger partial charge in [0.15, 0.2) is 12.4 Å². The van der Waals surface area contributed by atoms with Crippen molar-refractivity contribution in [2.24, 2.45) is 5.73 Å². The van der Waals surface area contributed by atoms with Gasteiger partial charge in [0.25, 0.3) is 5.91 Å². The first-order valence-electron chi connectivity index (χ1n) is 8.72. The van der Waals surface area contributed by atoms with Crippen LogP contribution in [0.2, 0.25) is 0 Å². The quantitative estimate of drug-likeness (QED) is 0.602. The van der Waals surface area contributed by atoms with E-state index in [0.29, 0.717) is 17.2 Å². The summed E-state index contributed by atoms with van der Waals surface area (Å²) in [6.07, 6.45) is 0. The van der Waals surface area contributed by atoms with E-state index in [4.69, 9.17) is 15.2 Å². The van der Waals surface area contributed by atoms with Gasteiger partial charge in [0, 0.05) is 5.56 Å². The summed E-state index contributed by atoms with van der Waals surface area (Å²) in [5, 5.41) is 2.66. The Morgan fingerprint density at radius 1 is 0.793 bits per heavy atom. The van der Waals surface area contributed by atoms with E-state index in [2.05, 4.69) is 5.32 Å². The van der Waals surface area contributed by atoms with Crippen LogP contribution in [0, 0.1) is 0 Å². The van der Waals surface area contributed by atoms with Crippen LogP contribution in [0.4, 0.5) is 5.69 Å². The van der Waals surface area contributed by atoms with E-state index >= 15 is 0 Å². The number of primary amides is 1. The van der Waals surface area contributed by atoms with Crippen molar-refractivity contribution in [2.45, 2.75) is 0 Å². The summed E-state index contributed by atoms with van der Waals surface area (Å²) in [6, 6.07) is 21.7. The molecule has 0 aromatic heterocycles. The van der Waals surface area contributed by atoms with Gasteiger partial charge in [-0.25, -0.2) is 4.79 Å². The molecule has 146 valence electrons. The molecule has 3 aromatic rings. The second-order valence-corrected chi connectivity index (χ2v) is 5.98. The van der Waals surface area contributed by atoms with Crippen LogP contribution in [-0.4, -0.2) is 24.4 Å². The summed E-state index contributed by atoms with van der Waals surface area (Å²) in [6.45, 7) is -0.476. The van der Waals surface area contributed by atoms with Crippen molar-refractivity contribution in [2.75, 3.05) is 11.9 Å². The van der Waals surface area contributed by atoms with E-state index in [9.17, 15) is 14.4 Å². The highest BCUT2D eigenvalue weighted by Crippen LogP contribution is 2.29. The van der Waals surface area contributed by atoms with Gasteiger partial charge in [-0.3, -0.25) is 9.59 Å². The van der Waals surface area contributed by atoms with Crippen molar-refractivity contribution in [3.8, 4) is 11.5 Å². The maximum Gasteiger partial charge on any atom is 0.338 e. The van der Waals surface area contributed by atoms with Crippen LogP contribution in [0.15, 0.2) is 78.9 Å².